The van der Waals surface area contributed by atoms with Gasteiger partial charge in [0.05, 0.1) is 5.02 Å². The van der Waals surface area contributed by atoms with Gasteiger partial charge < -0.3 is 15.2 Å². The Balaban J connectivity index is 1.90. The van der Waals surface area contributed by atoms with Gasteiger partial charge in [-0.25, -0.2) is 0 Å². The Morgan fingerprint density at radius 1 is 1.00 bits per heavy atom. The molecule has 0 aromatic heterocycles. The van der Waals surface area contributed by atoms with E-state index in [9.17, 15) is 0 Å². The number of hydrogen-bond donors (Lipinski definition) is 1. The first-order valence-electron chi connectivity index (χ1n) is 6.29. The van der Waals surface area contributed by atoms with Gasteiger partial charge in [0, 0.05) is 21.6 Å². The molecule has 112 valence electrons. The topological polar surface area (TPSA) is 44.5 Å². The lowest BCUT2D eigenvalue weighted by molar-refractivity contribution is 0.216. The van der Waals surface area contributed by atoms with Gasteiger partial charge >= 0.3 is 0 Å². The van der Waals surface area contributed by atoms with Crippen LogP contribution < -0.4 is 15.2 Å². The second-order valence-corrected chi connectivity index (χ2v) is 5.99. The minimum atomic E-state index is 0.309. The van der Waals surface area contributed by atoms with Crippen LogP contribution in [0.2, 0.25) is 10.0 Å². The van der Waals surface area contributed by atoms with Crippen molar-refractivity contribution >= 4 is 39.1 Å². The molecular formula is C15H14BrCl2NO2. The minimum Gasteiger partial charge on any atom is -0.490 e. The molecule has 6 heteroatoms. The van der Waals surface area contributed by atoms with Gasteiger partial charge in [0.25, 0.3) is 0 Å². The van der Waals surface area contributed by atoms with E-state index in [0.29, 0.717) is 35.6 Å². The van der Waals surface area contributed by atoms with Gasteiger partial charge in [0.1, 0.15) is 24.7 Å². The average Bonchev–Trinajstić information content (AvgIpc) is 2.46. The Hall–Kier alpha value is -0.940. The standard InChI is InChI=1S/C15H14BrCl2NO2/c16-11-1-3-13(4-2-11)20-5-6-21-15-10(9-19)7-12(17)8-14(15)18/h1-4,7-8H,5-6,9,19H2. The molecule has 0 fully saturated rings. The number of hydrogen-bond acceptors (Lipinski definition) is 3. The first kappa shape index (κ1) is 16.4. The molecule has 2 rings (SSSR count). The third-order valence-corrected chi connectivity index (χ3v) is 3.74. The Kier molecular flexibility index (Phi) is 6.18. The highest BCUT2D eigenvalue weighted by Crippen LogP contribution is 2.32. The monoisotopic (exact) mass is 389 g/mol. The van der Waals surface area contributed by atoms with Crippen molar-refractivity contribution in [3.8, 4) is 11.5 Å². The summed E-state index contributed by atoms with van der Waals surface area (Å²) in [6.45, 7) is 1.08. The highest BCUT2D eigenvalue weighted by Gasteiger charge is 2.09. The van der Waals surface area contributed by atoms with E-state index in [1.807, 2.05) is 24.3 Å². The van der Waals surface area contributed by atoms with Crippen molar-refractivity contribution in [2.45, 2.75) is 6.54 Å². The van der Waals surface area contributed by atoms with E-state index < -0.39 is 0 Å². The fourth-order valence-electron chi connectivity index (χ4n) is 1.76. The normalized spacial score (nSPS) is 10.5. The van der Waals surface area contributed by atoms with Crippen LogP contribution in [0.5, 0.6) is 11.5 Å². The highest BCUT2D eigenvalue weighted by molar-refractivity contribution is 9.10. The van der Waals surface area contributed by atoms with Crippen molar-refractivity contribution in [3.63, 3.8) is 0 Å². The Bertz CT molecular complexity index is 605. The van der Waals surface area contributed by atoms with Crippen LogP contribution in [0.3, 0.4) is 0 Å². The predicted molar refractivity (Wildman–Crippen MR) is 89.5 cm³/mol. The maximum Gasteiger partial charge on any atom is 0.142 e. The number of benzene rings is 2. The maximum absolute atomic E-state index is 6.12. The van der Waals surface area contributed by atoms with Gasteiger partial charge in [-0.3, -0.25) is 0 Å². The molecule has 0 saturated carbocycles. The van der Waals surface area contributed by atoms with Crippen LogP contribution >= 0.6 is 39.1 Å². The van der Waals surface area contributed by atoms with E-state index in [2.05, 4.69) is 15.9 Å². The second kappa shape index (κ2) is 7.90. The van der Waals surface area contributed by atoms with E-state index in [1.54, 1.807) is 12.1 Å². The van der Waals surface area contributed by atoms with Gasteiger partial charge in [-0.05, 0) is 36.4 Å². The molecule has 0 aliphatic carbocycles. The molecule has 3 nitrogen and oxygen atoms in total. The van der Waals surface area contributed by atoms with Crippen LogP contribution in [0.25, 0.3) is 0 Å². The van der Waals surface area contributed by atoms with Gasteiger partial charge in [-0.1, -0.05) is 39.1 Å². The van der Waals surface area contributed by atoms with E-state index >= 15 is 0 Å². The highest BCUT2D eigenvalue weighted by atomic mass is 79.9. The molecule has 0 atom stereocenters. The van der Waals surface area contributed by atoms with E-state index in [4.69, 9.17) is 38.4 Å². The lowest BCUT2D eigenvalue weighted by Crippen LogP contribution is -2.11. The van der Waals surface area contributed by atoms with Crippen LogP contribution in [0.15, 0.2) is 40.9 Å². The van der Waals surface area contributed by atoms with Gasteiger partial charge in [-0.2, -0.15) is 0 Å². The summed E-state index contributed by atoms with van der Waals surface area (Å²) in [5.41, 5.74) is 6.44. The quantitative estimate of drug-likeness (QED) is 0.728. The largest absolute Gasteiger partial charge is 0.490 e. The number of rotatable bonds is 6. The molecule has 0 bridgehead atoms. The van der Waals surface area contributed by atoms with E-state index in [1.165, 1.54) is 0 Å². The maximum atomic E-state index is 6.12. The summed E-state index contributed by atoms with van der Waals surface area (Å²) in [6, 6.07) is 11.0. The van der Waals surface area contributed by atoms with Gasteiger partial charge in [-0.15, -0.1) is 0 Å². The summed E-state index contributed by atoms with van der Waals surface area (Å²) in [5, 5.41) is 0.991. The summed E-state index contributed by atoms with van der Waals surface area (Å²) in [7, 11) is 0. The van der Waals surface area contributed by atoms with E-state index in [-0.39, 0.29) is 0 Å². The second-order valence-electron chi connectivity index (χ2n) is 4.23. The molecule has 0 spiro atoms. The first-order chi connectivity index (χ1) is 10.1. The summed E-state index contributed by atoms with van der Waals surface area (Å²) >= 11 is 15.4. The van der Waals surface area contributed by atoms with Crippen LogP contribution in [-0.2, 0) is 6.54 Å². The van der Waals surface area contributed by atoms with Gasteiger partial charge in [0.15, 0.2) is 0 Å². The van der Waals surface area contributed by atoms with Gasteiger partial charge in [0.2, 0.25) is 0 Å². The summed E-state index contributed by atoms with van der Waals surface area (Å²) in [4.78, 5) is 0. The SMILES string of the molecule is NCc1cc(Cl)cc(Cl)c1OCCOc1ccc(Br)cc1. The fraction of sp³-hybridized carbons (Fsp3) is 0.200. The molecule has 2 aromatic carbocycles. The molecule has 0 heterocycles. The molecule has 21 heavy (non-hydrogen) atoms. The molecule has 0 aliphatic rings. The number of nitrogens with two attached hydrogens (primary N) is 1. The van der Waals surface area contributed by atoms with E-state index in [0.717, 1.165) is 15.8 Å². The molecule has 0 unspecified atom stereocenters. The summed E-state index contributed by atoms with van der Waals surface area (Å²) in [6.07, 6.45) is 0. The molecule has 2 N–H and O–H groups in total. The third kappa shape index (κ3) is 4.78. The smallest absolute Gasteiger partial charge is 0.142 e. The Labute approximate surface area is 142 Å². The van der Waals surface area contributed by atoms with Crippen LogP contribution in [-0.4, -0.2) is 13.2 Å². The molecule has 0 radical (unpaired) electrons. The zero-order valence-electron chi connectivity index (χ0n) is 11.1. The van der Waals surface area contributed by atoms with Crippen molar-refractivity contribution in [2.75, 3.05) is 13.2 Å². The number of ether oxygens (including phenoxy) is 2. The third-order valence-electron chi connectivity index (χ3n) is 2.72. The van der Waals surface area contributed by atoms with Crippen LogP contribution in [0.4, 0.5) is 0 Å². The van der Waals surface area contributed by atoms with Crippen LogP contribution in [0, 0.1) is 0 Å². The molecule has 0 saturated heterocycles. The average molecular weight is 391 g/mol. The lowest BCUT2D eigenvalue weighted by Gasteiger charge is -2.13. The fourth-order valence-corrected chi connectivity index (χ4v) is 2.62. The minimum absolute atomic E-state index is 0.309. The molecular weight excluding hydrogens is 377 g/mol. The zero-order valence-corrected chi connectivity index (χ0v) is 14.2. The molecule has 0 aliphatic heterocycles. The van der Waals surface area contributed by atoms with Crippen molar-refractivity contribution in [3.05, 3.63) is 56.5 Å². The Morgan fingerprint density at radius 3 is 2.33 bits per heavy atom. The summed E-state index contributed by atoms with van der Waals surface area (Å²) < 4.78 is 12.2. The summed E-state index contributed by atoms with van der Waals surface area (Å²) in [5.74, 6) is 1.34. The molecule has 0 amide bonds. The predicted octanol–water partition coefficient (Wildman–Crippen LogP) is 4.67. The first-order valence-corrected chi connectivity index (χ1v) is 7.84. The van der Waals surface area contributed by atoms with Crippen molar-refractivity contribution < 1.29 is 9.47 Å². The van der Waals surface area contributed by atoms with Crippen LogP contribution in [0.1, 0.15) is 5.56 Å². The number of halogens is 3. The van der Waals surface area contributed by atoms with Crippen molar-refractivity contribution in [1.29, 1.82) is 0 Å². The van der Waals surface area contributed by atoms with Crippen molar-refractivity contribution in [2.24, 2.45) is 5.73 Å². The molecule has 2 aromatic rings. The Morgan fingerprint density at radius 2 is 1.67 bits per heavy atom. The lowest BCUT2D eigenvalue weighted by atomic mass is 10.2. The zero-order chi connectivity index (χ0) is 15.2. The van der Waals surface area contributed by atoms with Crippen molar-refractivity contribution in [1.82, 2.24) is 0 Å².